The second kappa shape index (κ2) is 7.79. The number of nitrogens with zero attached hydrogens (tertiary/aromatic N) is 2. The molecule has 3 nitrogen and oxygen atoms in total. The highest BCUT2D eigenvalue weighted by molar-refractivity contribution is 6.88. The van der Waals surface area contributed by atoms with Gasteiger partial charge in [0.15, 0.2) is 0 Å². The molecular formula is C23H20Cl2N2OSi. The molecule has 0 aliphatic carbocycles. The van der Waals surface area contributed by atoms with Crippen molar-refractivity contribution in [3.05, 3.63) is 94.4 Å². The summed E-state index contributed by atoms with van der Waals surface area (Å²) in [7, 11) is -1.91. The van der Waals surface area contributed by atoms with Crippen LogP contribution in [0.5, 0.6) is 0 Å². The zero-order valence-corrected chi connectivity index (χ0v) is 18.7. The number of benzene rings is 2. The summed E-state index contributed by atoms with van der Waals surface area (Å²) in [6, 6.07) is 21.6. The van der Waals surface area contributed by atoms with Gasteiger partial charge < -0.3 is 4.57 Å². The molecule has 2 aromatic carbocycles. The summed E-state index contributed by atoms with van der Waals surface area (Å²) in [5, 5.41) is 3.01. The number of carbonyl (C=O) groups excluding carboxylic acids is 1. The van der Waals surface area contributed by atoms with Crippen molar-refractivity contribution in [3.8, 4) is 0 Å². The van der Waals surface area contributed by atoms with Gasteiger partial charge in [0.2, 0.25) is 5.78 Å². The Morgan fingerprint density at radius 3 is 2.45 bits per heavy atom. The second-order valence-electron chi connectivity index (χ2n) is 7.75. The molecule has 0 saturated carbocycles. The van der Waals surface area contributed by atoms with E-state index in [1.54, 1.807) is 12.3 Å². The Morgan fingerprint density at radius 2 is 1.69 bits per heavy atom. The van der Waals surface area contributed by atoms with Crippen molar-refractivity contribution < 1.29 is 4.79 Å². The Hall–Kier alpha value is -2.40. The average Bonchev–Trinajstić information content (AvgIpc) is 3.01. The Balaban J connectivity index is 1.74. The lowest BCUT2D eigenvalue weighted by molar-refractivity contribution is 0.103. The van der Waals surface area contributed by atoms with Crippen LogP contribution in [0.4, 0.5) is 0 Å². The first-order valence-corrected chi connectivity index (χ1v) is 13.3. The number of rotatable bonds is 5. The molecule has 4 aromatic rings. The highest BCUT2D eigenvalue weighted by Gasteiger charge is 2.28. The van der Waals surface area contributed by atoms with Gasteiger partial charge in [0.1, 0.15) is 13.2 Å². The average molecular weight is 439 g/mol. The topological polar surface area (TPSA) is 34.9 Å². The fourth-order valence-corrected chi connectivity index (χ4v) is 6.46. The minimum absolute atomic E-state index is 0.130. The summed E-state index contributed by atoms with van der Waals surface area (Å²) in [6.45, 7) is 4.52. The zero-order valence-electron chi connectivity index (χ0n) is 16.2. The van der Waals surface area contributed by atoms with E-state index in [4.69, 9.17) is 23.2 Å². The van der Waals surface area contributed by atoms with E-state index in [-0.39, 0.29) is 5.78 Å². The van der Waals surface area contributed by atoms with E-state index in [0.717, 1.165) is 10.9 Å². The van der Waals surface area contributed by atoms with E-state index in [0.29, 0.717) is 27.6 Å². The van der Waals surface area contributed by atoms with Crippen LogP contribution in [0.15, 0.2) is 72.9 Å². The Morgan fingerprint density at radius 1 is 1.00 bits per heavy atom. The van der Waals surface area contributed by atoms with Crippen LogP contribution < -0.4 is 5.19 Å². The van der Waals surface area contributed by atoms with E-state index < -0.39 is 8.07 Å². The van der Waals surface area contributed by atoms with E-state index in [2.05, 4.69) is 30.2 Å². The molecule has 0 aliphatic heterocycles. The van der Waals surface area contributed by atoms with Crippen LogP contribution in [0.3, 0.4) is 0 Å². The molecule has 0 saturated heterocycles. The Kier molecular flexibility index (Phi) is 5.34. The molecule has 2 heterocycles. The maximum absolute atomic E-state index is 13.3. The molecule has 2 aromatic heterocycles. The highest BCUT2D eigenvalue weighted by Crippen LogP contribution is 2.29. The van der Waals surface area contributed by atoms with E-state index in [9.17, 15) is 4.79 Å². The number of para-hydroxylation sites is 1. The molecule has 146 valence electrons. The lowest BCUT2D eigenvalue weighted by Crippen LogP contribution is -2.46. The van der Waals surface area contributed by atoms with Gasteiger partial charge in [0, 0.05) is 23.3 Å². The van der Waals surface area contributed by atoms with E-state index in [1.165, 1.54) is 5.19 Å². The fourth-order valence-electron chi connectivity index (χ4n) is 3.55. The third-order valence-electron chi connectivity index (χ3n) is 5.18. The first-order valence-electron chi connectivity index (χ1n) is 9.36. The van der Waals surface area contributed by atoms with Crippen molar-refractivity contribution in [1.29, 1.82) is 0 Å². The summed E-state index contributed by atoms with van der Waals surface area (Å²) in [6.07, 6.45) is 2.27. The molecule has 0 amide bonds. The van der Waals surface area contributed by atoms with Crippen LogP contribution in [0.1, 0.15) is 16.1 Å². The van der Waals surface area contributed by atoms with Gasteiger partial charge in [-0.25, -0.2) is 0 Å². The maximum Gasteiger partial charge on any atom is 0.211 e. The fraction of sp³-hybridized carbons (Fsp3) is 0.130. The smallest absolute Gasteiger partial charge is 0.211 e. The number of aromatic nitrogens is 2. The lowest BCUT2D eigenvalue weighted by atomic mass is 10.1. The molecule has 4 rings (SSSR count). The Labute approximate surface area is 180 Å². The van der Waals surface area contributed by atoms with Gasteiger partial charge in [-0.15, -0.1) is 0 Å². The highest BCUT2D eigenvalue weighted by atomic mass is 35.5. The minimum atomic E-state index is -1.91. The van der Waals surface area contributed by atoms with Crippen molar-refractivity contribution in [3.63, 3.8) is 0 Å². The number of carbonyl (C=O) groups is 1. The van der Waals surface area contributed by atoms with Gasteiger partial charge in [0.25, 0.3) is 0 Å². The number of hydrogen-bond acceptors (Lipinski definition) is 2. The van der Waals surface area contributed by atoms with Crippen molar-refractivity contribution >= 4 is 53.1 Å². The molecule has 0 aliphatic rings. The third kappa shape index (κ3) is 3.88. The predicted molar refractivity (Wildman–Crippen MR) is 123 cm³/mol. The first kappa shape index (κ1) is 19.9. The van der Waals surface area contributed by atoms with Crippen LogP contribution in [0.2, 0.25) is 23.3 Å². The third-order valence-corrected chi connectivity index (χ3v) is 8.98. The largest absolute Gasteiger partial charge is 0.330 e. The van der Waals surface area contributed by atoms with Crippen LogP contribution in [-0.2, 0) is 6.17 Å². The monoisotopic (exact) mass is 438 g/mol. The molecule has 0 unspecified atom stereocenters. The summed E-state index contributed by atoms with van der Waals surface area (Å²) in [4.78, 5) is 17.8. The van der Waals surface area contributed by atoms with Crippen LogP contribution in [0.25, 0.3) is 10.9 Å². The van der Waals surface area contributed by atoms with Crippen molar-refractivity contribution in [2.45, 2.75) is 19.3 Å². The number of pyridine rings is 1. The molecular weight excluding hydrogens is 419 g/mol. The normalized spacial score (nSPS) is 11.7. The lowest BCUT2D eigenvalue weighted by Gasteiger charge is -2.25. The van der Waals surface area contributed by atoms with Crippen molar-refractivity contribution in [1.82, 2.24) is 9.55 Å². The van der Waals surface area contributed by atoms with Crippen LogP contribution >= 0.6 is 23.2 Å². The molecule has 0 fully saturated rings. The molecule has 0 N–H and O–H groups in total. The number of hydrogen-bond donors (Lipinski definition) is 0. The Bertz CT molecular complexity index is 1200. The zero-order chi connectivity index (χ0) is 20.6. The van der Waals surface area contributed by atoms with Gasteiger partial charge in [-0.2, -0.15) is 0 Å². The molecule has 0 bridgehead atoms. The quantitative estimate of drug-likeness (QED) is 0.294. The van der Waals surface area contributed by atoms with Crippen molar-refractivity contribution in [2.24, 2.45) is 0 Å². The van der Waals surface area contributed by atoms with Gasteiger partial charge in [-0.1, -0.05) is 90.0 Å². The SMILES string of the molecule is C[Si](C)(Cn1c(C(=O)c2cnc3ccccc3c2)cc(Cl)c1Cl)c1ccccc1. The standard InChI is InChI=1S/C23H20Cl2N2OSi/c1-29(2,18-9-4-3-5-10-18)15-27-21(13-19(24)23(27)25)22(28)17-12-16-8-6-7-11-20(16)26-14-17/h3-14H,15H2,1-2H3. The maximum atomic E-state index is 13.3. The van der Waals surface area contributed by atoms with Gasteiger partial charge >= 0.3 is 0 Å². The summed E-state index contributed by atoms with van der Waals surface area (Å²) in [5.74, 6) is -0.130. The molecule has 0 atom stereocenters. The summed E-state index contributed by atoms with van der Waals surface area (Å²) >= 11 is 12.9. The first-order chi connectivity index (χ1) is 13.9. The van der Waals surface area contributed by atoms with E-state index in [1.807, 2.05) is 53.1 Å². The summed E-state index contributed by atoms with van der Waals surface area (Å²) in [5.41, 5.74) is 1.87. The second-order valence-corrected chi connectivity index (χ2v) is 13.2. The van der Waals surface area contributed by atoms with Gasteiger partial charge in [-0.05, 0) is 18.2 Å². The minimum Gasteiger partial charge on any atom is -0.330 e. The van der Waals surface area contributed by atoms with Crippen LogP contribution in [-0.4, -0.2) is 23.4 Å². The molecule has 6 heteroatoms. The van der Waals surface area contributed by atoms with Crippen LogP contribution in [0, 0.1) is 0 Å². The number of halogens is 2. The predicted octanol–water partition coefficient (Wildman–Crippen LogP) is 5.73. The van der Waals surface area contributed by atoms with Gasteiger partial charge in [-0.3, -0.25) is 9.78 Å². The molecule has 0 spiro atoms. The molecule has 0 radical (unpaired) electrons. The van der Waals surface area contributed by atoms with E-state index >= 15 is 0 Å². The van der Waals surface area contributed by atoms with Gasteiger partial charge in [0.05, 0.1) is 16.2 Å². The number of ketones is 1. The molecule has 29 heavy (non-hydrogen) atoms. The number of fused-ring (bicyclic) bond motifs is 1. The summed E-state index contributed by atoms with van der Waals surface area (Å²) < 4.78 is 1.86. The van der Waals surface area contributed by atoms with Crippen molar-refractivity contribution in [2.75, 3.05) is 0 Å².